The molecule has 0 radical (unpaired) electrons. The van der Waals surface area contributed by atoms with E-state index in [0.29, 0.717) is 30.8 Å². The van der Waals surface area contributed by atoms with Gasteiger partial charge in [-0.05, 0) is 61.7 Å². The highest BCUT2D eigenvalue weighted by Gasteiger charge is 2.45. The van der Waals surface area contributed by atoms with Gasteiger partial charge in [0.05, 0.1) is 17.8 Å². The Hall–Kier alpha value is -4.47. The minimum atomic E-state index is -1.17. The molecule has 4 unspecified atom stereocenters. The third kappa shape index (κ3) is 10.6. The molecule has 0 bridgehead atoms. The molecule has 302 valence electrons. The van der Waals surface area contributed by atoms with Crippen molar-refractivity contribution in [1.29, 1.82) is 0 Å². The zero-order valence-corrected chi connectivity index (χ0v) is 33.5. The summed E-state index contributed by atoms with van der Waals surface area (Å²) in [4.78, 5) is 96.9. The first-order valence-electron chi connectivity index (χ1n) is 20.2. The second-order valence-electron chi connectivity index (χ2n) is 16.9. The summed E-state index contributed by atoms with van der Waals surface area (Å²) >= 11 is 0. The maximum absolute atomic E-state index is 14.6. The number of terminal acetylenes is 1. The lowest BCUT2D eigenvalue weighted by Gasteiger charge is -2.38. The lowest BCUT2D eigenvalue weighted by molar-refractivity contribution is -0.144. The topological polar surface area (TPSA) is 174 Å². The molecule has 13 nitrogen and oxygen atoms in total. The van der Waals surface area contributed by atoms with Crippen LogP contribution in [0.5, 0.6) is 0 Å². The monoisotopic (exact) mass is 762 g/mol. The first-order chi connectivity index (χ1) is 26.1. The van der Waals surface area contributed by atoms with Crippen LogP contribution in [0.3, 0.4) is 0 Å². The zero-order valence-electron chi connectivity index (χ0n) is 33.5. The van der Waals surface area contributed by atoms with Gasteiger partial charge in [0.15, 0.2) is 0 Å². The molecule has 3 fully saturated rings. The molecule has 4 rings (SSSR count). The number of carbonyl (C=O) groups is 5. The first kappa shape index (κ1) is 43.3. The molecule has 1 saturated heterocycles. The van der Waals surface area contributed by atoms with Crippen LogP contribution in [0.1, 0.15) is 117 Å². The van der Waals surface area contributed by atoms with Gasteiger partial charge in [0.2, 0.25) is 28.5 Å². The number of urea groups is 1. The number of anilines is 1. The molecule has 2 aliphatic carbocycles. The maximum atomic E-state index is 14.6. The van der Waals surface area contributed by atoms with Crippen LogP contribution in [0.4, 0.5) is 10.5 Å². The van der Waals surface area contributed by atoms with Crippen LogP contribution in [0.25, 0.3) is 0 Å². The van der Waals surface area contributed by atoms with Gasteiger partial charge in [-0.3, -0.25) is 28.8 Å². The molecule has 5 amide bonds. The van der Waals surface area contributed by atoms with E-state index < -0.39 is 58.0 Å². The molecule has 1 aliphatic heterocycles. The molecule has 3 aliphatic rings. The molecular weight excluding hydrogens is 700 g/mol. The maximum Gasteiger partial charge on any atom is 0.315 e. The number of carbonyl (C=O) groups excluding carboxylic acids is 5. The summed E-state index contributed by atoms with van der Waals surface area (Å²) in [7, 11) is 1.79. The fourth-order valence-corrected chi connectivity index (χ4v) is 8.81. The van der Waals surface area contributed by atoms with Gasteiger partial charge in [0, 0.05) is 38.7 Å². The minimum Gasteiger partial charge on any atom is -0.369 e. The Morgan fingerprint density at radius 1 is 0.927 bits per heavy atom. The largest absolute Gasteiger partial charge is 0.369 e. The van der Waals surface area contributed by atoms with Crippen LogP contribution >= 0.6 is 0 Å². The van der Waals surface area contributed by atoms with Gasteiger partial charge in [0.25, 0.3) is 5.91 Å². The fraction of sp³-hybridized carbons (Fsp3) is 0.690. The van der Waals surface area contributed by atoms with Crippen molar-refractivity contribution in [3.05, 3.63) is 38.7 Å². The van der Waals surface area contributed by atoms with E-state index in [9.17, 15) is 33.6 Å². The summed E-state index contributed by atoms with van der Waals surface area (Å²) in [6.45, 7) is 11.8. The summed E-state index contributed by atoms with van der Waals surface area (Å²) in [6.07, 6.45) is 17.0. The quantitative estimate of drug-likeness (QED) is 0.113. The number of nitrogens with one attached hydrogen (secondary N) is 4. The molecule has 1 heterocycles. The van der Waals surface area contributed by atoms with Crippen LogP contribution in [0.15, 0.2) is 22.2 Å². The number of hydrogen-bond acceptors (Lipinski definition) is 8. The van der Waals surface area contributed by atoms with E-state index >= 15 is 0 Å². The Bertz CT molecular complexity index is 1670. The molecular formula is C42H62N6O7. The molecule has 2 saturated carbocycles. The van der Waals surface area contributed by atoms with Crippen molar-refractivity contribution in [3.8, 4) is 12.3 Å². The van der Waals surface area contributed by atoms with E-state index in [1.807, 2.05) is 27.7 Å². The van der Waals surface area contributed by atoms with E-state index in [4.69, 9.17) is 6.42 Å². The van der Waals surface area contributed by atoms with Crippen molar-refractivity contribution < 1.29 is 24.0 Å². The summed E-state index contributed by atoms with van der Waals surface area (Å²) < 4.78 is 0. The zero-order chi connectivity index (χ0) is 40.4. The molecule has 55 heavy (non-hydrogen) atoms. The number of amides is 5. The van der Waals surface area contributed by atoms with Crippen LogP contribution < -0.4 is 37.0 Å². The number of likely N-dealkylation sites (tertiary alicyclic amines) is 1. The number of ketones is 1. The van der Waals surface area contributed by atoms with Gasteiger partial charge in [-0.25, -0.2) is 4.79 Å². The van der Waals surface area contributed by atoms with Gasteiger partial charge in [-0.2, -0.15) is 0 Å². The average Bonchev–Trinajstić information content (AvgIpc) is 3.56. The van der Waals surface area contributed by atoms with Crippen LogP contribution in [0, 0.1) is 30.1 Å². The van der Waals surface area contributed by atoms with Crippen molar-refractivity contribution in [2.45, 2.75) is 141 Å². The molecule has 13 heteroatoms. The lowest BCUT2D eigenvalue weighted by Crippen LogP contribution is -2.61. The van der Waals surface area contributed by atoms with Gasteiger partial charge >= 0.3 is 6.03 Å². The normalized spacial score (nSPS) is 21.1. The summed E-state index contributed by atoms with van der Waals surface area (Å²) in [6, 6.07) is -3.83. The van der Waals surface area contributed by atoms with E-state index in [-0.39, 0.29) is 49.1 Å². The Morgan fingerprint density at radius 3 is 2.13 bits per heavy atom. The molecule has 4 N–H and O–H groups in total. The summed E-state index contributed by atoms with van der Waals surface area (Å²) in [5, 5.41) is 11.4. The molecule has 0 spiro atoms. The Labute approximate surface area is 325 Å². The predicted octanol–water partition coefficient (Wildman–Crippen LogP) is 3.22. The van der Waals surface area contributed by atoms with E-state index in [2.05, 4.69) is 33.8 Å². The number of hydrogen-bond donors (Lipinski definition) is 4. The van der Waals surface area contributed by atoms with E-state index in [0.717, 1.165) is 64.2 Å². The van der Waals surface area contributed by atoms with Crippen molar-refractivity contribution in [2.24, 2.45) is 17.8 Å². The van der Waals surface area contributed by atoms with Gasteiger partial charge < -0.3 is 31.1 Å². The third-order valence-corrected chi connectivity index (χ3v) is 11.8. The average molecular weight is 763 g/mol. The molecule has 1 aromatic rings. The Kier molecular flexibility index (Phi) is 15.3. The summed E-state index contributed by atoms with van der Waals surface area (Å²) in [5.41, 5.74) is -0.592. The third-order valence-electron chi connectivity index (χ3n) is 11.8. The van der Waals surface area contributed by atoms with Crippen LogP contribution in [0.2, 0.25) is 0 Å². The van der Waals surface area contributed by atoms with Crippen LogP contribution in [-0.2, 0) is 24.6 Å². The Balaban J connectivity index is 1.55. The highest BCUT2D eigenvalue weighted by Crippen LogP contribution is 2.33. The first-order valence-corrected chi connectivity index (χ1v) is 20.2. The van der Waals surface area contributed by atoms with Gasteiger partial charge in [-0.15, -0.1) is 18.9 Å². The highest BCUT2D eigenvalue weighted by atomic mass is 16.2. The van der Waals surface area contributed by atoms with Crippen molar-refractivity contribution >= 4 is 35.2 Å². The lowest BCUT2D eigenvalue weighted by atomic mass is 9.81. The smallest absolute Gasteiger partial charge is 0.315 e. The van der Waals surface area contributed by atoms with Crippen molar-refractivity contribution in [2.75, 3.05) is 31.6 Å². The predicted molar refractivity (Wildman–Crippen MR) is 213 cm³/mol. The van der Waals surface area contributed by atoms with Crippen molar-refractivity contribution in [1.82, 2.24) is 26.2 Å². The van der Waals surface area contributed by atoms with Gasteiger partial charge in [0.1, 0.15) is 12.1 Å². The number of likely N-dealkylation sites (N-methyl/N-ethyl adjacent to an activating group) is 1. The van der Waals surface area contributed by atoms with E-state index in [1.165, 1.54) is 11.0 Å². The Morgan fingerprint density at radius 2 is 1.55 bits per heavy atom. The standard InChI is InChI=1S/C42H62N6O7/c1-8-10-21-29(35(49)39(53)43-23-9-2)44-38(52)33-26(3)22-24-48(33)40(54)32(28-19-15-12-16-20-28)46-41(55)45-30(27-17-13-11-14-18-27)25-47(7)34-31(42(4,5)6)36(50)37(34)51/h1,9,26-30,32-33H,2,10-25H2,3-7H3,(H,43,53)(H,44,52)(H2,45,46,55)/t26?,29?,30?,32?,33-/m0/s1. The van der Waals surface area contributed by atoms with Crippen molar-refractivity contribution in [3.63, 3.8) is 0 Å². The van der Waals surface area contributed by atoms with Gasteiger partial charge in [-0.1, -0.05) is 72.3 Å². The summed E-state index contributed by atoms with van der Waals surface area (Å²) in [5.74, 6) is -0.384. The number of rotatable bonds is 16. The molecule has 5 atom stereocenters. The molecule has 1 aromatic carbocycles. The number of nitrogens with zero attached hydrogens (tertiary/aromatic N) is 2. The molecule has 0 aromatic heterocycles. The van der Waals surface area contributed by atoms with E-state index in [1.54, 1.807) is 11.9 Å². The minimum absolute atomic E-state index is 0.0562. The fourth-order valence-electron chi connectivity index (χ4n) is 8.81. The highest BCUT2D eigenvalue weighted by molar-refractivity contribution is 6.38. The number of Topliss-reactive ketones (excluding diaryl/α,β-unsaturated/α-hetero) is 1. The second kappa shape index (κ2) is 19.4. The SMILES string of the molecule is C#CCCC(NC(=O)[C@@H]1C(C)CCN1C(=O)C(NC(=O)NC(CN(C)c1c(C(C)(C)C)c(=O)c1=O)C1CCCCC1)C1CCCCC1)C(=O)C(=O)NCC=C. The second-order valence-corrected chi connectivity index (χ2v) is 16.9. The van der Waals surface area contributed by atoms with Crippen LogP contribution in [-0.4, -0.2) is 85.3 Å².